The summed E-state index contributed by atoms with van der Waals surface area (Å²) in [7, 11) is 0. The molecule has 1 aliphatic carbocycles. The van der Waals surface area contributed by atoms with Crippen LogP contribution in [0.1, 0.15) is 22.3 Å². The Morgan fingerprint density at radius 1 is 0.594 bits per heavy atom. The number of aliphatic imine (C=N–C) groups is 2. The van der Waals surface area contributed by atoms with E-state index < -0.39 is 0 Å². The zero-order valence-electron chi connectivity index (χ0n) is 17.9. The Labute approximate surface area is 208 Å². The molecule has 0 heterocycles. The predicted octanol–water partition coefficient (Wildman–Crippen LogP) is 8.47. The Bertz CT molecular complexity index is 1250. The van der Waals surface area contributed by atoms with Crippen molar-refractivity contribution in [3.8, 4) is 0 Å². The molecule has 0 aliphatic heterocycles. The molecule has 1 aliphatic rings. The minimum absolute atomic E-state index is 0. The number of benzene rings is 4. The molecular formula is C27H21Cl2N2Ni+. The second-order valence-electron chi connectivity index (χ2n) is 7.44. The number of halogens is 2. The van der Waals surface area contributed by atoms with Crippen molar-refractivity contribution < 1.29 is 16.5 Å². The van der Waals surface area contributed by atoms with E-state index in [0.717, 1.165) is 55.8 Å². The minimum Gasteiger partial charge on any atom is -0.358 e. The van der Waals surface area contributed by atoms with Gasteiger partial charge in [-0.25, -0.2) is 9.98 Å². The fourth-order valence-corrected chi connectivity index (χ4v) is 4.50. The van der Waals surface area contributed by atoms with Gasteiger partial charge >= 0.3 is 16.5 Å². The SMILES string of the molecule is Cc1cccc(Cl)c1N=C1C(=Nc2c(C)cccc2Cl)c2cccc3cccc1c23.[CH3-].[Ni+2]. The molecule has 0 N–H and O–H groups in total. The summed E-state index contributed by atoms with van der Waals surface area (Å²) in [5, 5.41) is 3.57. The Morgan fingerprint density at radius 3 is 1.41 bits per heavy atom. The number of para-hydroxylation sites is 2. The van der Waals surface area contributed by atoms with E-state index in [1.165, 1.54) is 0 Å². The summed E-state index contributed by atoms with van der Waals surface area (Å²) < 4.78 is 0. The maximum atomic E-state index is 6.51. The van der Waals surface area contributed by atoms with E-state index in [-0.39, 0.29) is 23.9 Å². The van der Waals surface area contributed by atoms with E-state index in [4.69, 9.17) is 33.2 Å². The third kappa shape index (κ3) is 4.02. The molecule has 0 fully saturated rings. The Balaban J connectivity index is 0.00000144. The van der Waals surface area contributed by atoms with Gasteiger partial charge in [0.05, 0.1) is 32.8 Å². The molecule has 2 nitrogen and oxygen atoms in total. The normalized spacial score (nSPS) is 14.5. The largest absolute Gasteiger partial charge is 2.00 e. The fraction of sp³-hybridized carbons (Fsp3) is 0.0741. The van der Waals surface area contributed by atoms with Gasteiger partial charge in [-0.15, -0.1) is 0 Å². The van der Waals surface area contributed by atoms with E-state index >= 15 is 0 Å². The summed E-state index contributed by atoms with van der Waals surface area (Å²) in [6.45, 7) is 4.03. The number of rotatable bonds is 2. The van der Waals surface area contributed by atoms with E-state index in [2.05, 4.69) is 36.4 Å². The molecular weight excluding hydrogens is 482 g/mol. The quantitative estimate of drug-likeness (QED) is 0.194. The first-order valence-corrected chi connectivity index (χ1v) is 10.5. The maximum absolute atomic E-state index is 6.51. The number of nitrogens with zero attached hydrogens (tertiary/aromatic N) is 2. The summed E-state index contributed by atoms with van der Waals surface area (Å²) in [4.78, 5) is 10.1. The second-order valence-corrected chi connectivity index (χ2v) is 8.26. The molecule has 0 spiro atoms. The van der Waals surface area contributed by atoms with Crippen LogP contribution in [-0.2, 0) is 16.5 Å². The zero-order chi connectivity index (χ0) is 20.8. The van der Waals surface area contributed by atoms with Crippen LogP contribution >= 0.6 is 23.2 Å². The first-order chi connectivity index (χ1) is 14.5. The third-order valence-corrected chi connectivity index (χ3v) is 6.07. The van der Waals surface area contributed by atoms with Crippen LogP contribution in [0, 0.1) is 21.3 Å². The van der Waals surface area contributed by atoms with Crippen molar-refractivity contribution in [2.45, 2.75) is 13.8 Å². The maximum Gasteiger partial charge on any atom is 2.00 e. The minimum atomic E-state index is 0. The van der Waals surface area contributed by atoms with E-state index in [1.807, 2.05) is 50.2 Å². The molecule has 0 unspecified atom stereocenters. The molecule has 0 radical (unpaired) electrons. The topological polar surface area (TPSA) is 24.7 Å². The van der Waals surface area contributed by atoms with Gasteiger partial charge < -0.3 is 7.43 Å². The van der Waals surface area contributed by atoms with Crippen molar-refractivity contribution in [2.24, 2.45) is 9.98 Å². The molecule has 0 saturated carbocycles. The molecule has 4 aromatic rings. The van der Waals surface area contributed by atoms with Crippen LogP contribution in [0.25, 0.3) is 10.8 Å². The first kappa shape index (κ1) is 24.2. The smallest absolute Gasteiger partial charge is 0.358 e. The van der Waals surface area contributed by atoms with Crippen LogP contribution in [0.3, 0.4) is 0 Å². The Morgan fingerprint density at radius 2 is 1.00 bits per heavy atom. The summed E-state index contributed by atoms with van der Waals surface area (Å²) in [6, 6.07) is 24.2. The van der Waals surface area contributed by atoms with Crippen molar-refractivity contribution >= 4 is 56.8 Å². The van der Waals surface area contributed by atoms with Crippen LogP contribution in [0.2, 0.25) is 10.0 Å². The van der Waals surface area contributed by atoms with E-state index in [9.17, 15) is 0 Å². The van der Waals surface area contributed by atoms with Crippen molar-refractivity contribution in [1.82, 2.24) is 0 Å². The van der Waals surface area contributed by atoms with Gasteiger partial charge in [0.2, 0.25) is 0 Å². The number of hydrogen-bond acceptors (Lipinski definition) is 2. The second kappa shape index (κ2) is 9.59. The molecule has 0 bridgehead atoms. The van der Waals surface area contributed by atoms with Crippen LogP contribution in [0.5, 0.6) is 0 Å². The third-order valence-electron chi connectivity index (χ3n) is 5.46. The fourth-order valence-electron chi connectivity index (χ4n) is 3.97. The van der Waals surface area contributed by atoms with Gasteiger partial charge in [0, 0.05) is 16.5 Å². The zero-order valence-corrected chi connectivity index (χ0v) is 20.4. The van der Waals surface area contributed by atoms with Gasteiger partial charge in [-0.05, 0) is 42.5 Å². The monoisotopic (exact) mass is 501 g/mol. The standard InChI is InChI=1S/C26H18Cl2N2.CH3.Ni/c1-15-7-3-13-20(27)23(15)29-25-18-11-5-9-17-10-6-12-19(22(17)18)26(25)30-24-16(2)8-4-14-21(24)28;;/h3-14H,1-2H3;1H3;/q;-1;+2. The van der Waals surface area contributed by atoms with Crippen LogP contribution in [0.15, 0.2) is 82.8 Å². The molecule has 162 valence electrons. The summed E-state index contributed by atoms with van der Waals surface area (Å²) in [5.41, 5.74) is 7.33. The molecule has 4 aromatic carbocycles. The molecule has 32 heavy (non-hydrogen) atoms. The molecule has 5 heteroatoms. The summed E-state index contributed by atoms with van der Waals surface area (Å²) in [5.74, 6) is 0. The van der Waals surface area contributed by atoms with Gasteiger partial charge in [-0.3, -0.25) is 0 Å². The molecule has 5 rings (SSSR count). The first-order valence-electron chi connectivity index (χ1n) is 9.75. The predicted molar refractivity (Wildman–Crippen MR) is 135 cm³/mol. The van der Waals surface area contributed by atoms with Gasteiger partial charge in [-0.2, -0.15) is 0 Å². The van der Waals surface area contributed by atoms with Crippen molar-refractivity contribution in [3.05, 3.63) is 113 Å². The average molecular weight is 503 g/mol. The van der Waals surface area contributed by atoms with Gasteiger partial charge in [-0.1, -0.05) is 83.9 Å². The molecule has 0 saturated heterocycles. The number of hydrogen-bond donors (Lipinski definition) is 0. The van der Waals surface area contributed by atoms with Crippen LogP contribution in [-0.4, -0.2) is 11.4 Å². The average Bonchev–Trinajstić information content (AvgIpc) is 3.02. The van der Waals surface area contributed by atoms with E-state index in [0.29, 0.717) is 10.0 Å². The van der Waals surface area contributed by atoms with Gasteiger partial charge in [0.25, 0.3) is 0 Å². The Kier molecular flexibility index (Phi) is 7.25. The van der Waals surface area contributed by atoms with Gasteiger partial charge in [0.15, 0.2) is 0 Å². The van der Waals surface area contributed by atoms with Crippen molar-refractivity contribution in [2.75, 3.05) is 0 Å². The van der Waals surface area contributed by atoms with Crippen LogP contribution in [0.4, 0.5) is 11.4 Å². The van der Waals surface area contributed by atoms with Gasteiger partial charge in [0.1, 0.15) is 0 Å². The number of aryl methyl sites for hydroxylation is 2. The molecule has 0 atom stereocenters. The van der Waals surface area contributed by atoms with E-state index in [1.54, 1.807) is 0 Å². The molecule has 0 aromatic heterocycles. The van der Waals surface area contributed by atoms with Crippen molar-refractivity contribution in [1.29, 1.82) is 0 Å². The van der Waals surface area contributed by atoms with Crippen LogP contribution < -0.4 is 0 Å². The summed E-state index contributed by atoms with van der Waals surface area (Å²) >= 11 is 13.0. The Hall–Kier alpha value is -2.45. The molecule has 0 amide bonds. The van der Waals surface area contributed by atoms with Crippen molar-refractivity contribution in [3.63, 3.8) is 0 Å². The summed E-state index contributed by atoms with van der Waals surface area (Å²) in [6.07, 6.45) is 0.